The molecule has 0 radical (unpaired) electrons. The van der Waals surface area contributed by atoms with Crippen molar-refractivity contribution in [1.29, 1.82) is 0 Å². The second kappa shape index (κ2) is 6.00. The zero-order chi connectivity index (χ0) is 14.7. The topological polar surface area (TPSA) is 29.5 Å². The largest absolute Gasteiger partial charge is 0.508 e. The van der Waals surface area contributed by atoms with Crippen LogP contribution in [0.5, 0.6) is 11.5 Å². The van der Waals surface area contributed by atoms with E-state index in [-0.39, 0.29) is 0 Å². The Hall–Kier alpha value is -1.96. The highest BCUT2D eigenvalue weighted by molar-refractivity contribution is 5.47. The molecule has 0 spiro atoms. The van der Waals surface area contributed by atoms with Gasteiger partial charge in [0.2, 0.25) is 0 Å². The summed E-state index contributed by atoms with van der Waals surface area (Å²) in [6.45, 7) is 6.47. The van der Waals surface area contributed by atoms with Crippen LogP contribution in [0.3, 0.4) is 0 Å². The van der Waals surface area contributed by atoms with Crippen LogP contribution >= 0.6 is 0 Å². The van der Waals surface area contributed by atoms with Crippen LogP contribution in [0.1, 0.15) is 42.0 Å². The summed E-state index contributed by atoms with van der Waals surface area (Å²) in [4.78, 5) is 0. The van der Waals surface area contributed by atoms with Gasteiger partial charge < -0.3 is 9.84 Å². The highest BCUT2D eigenvalue weighted by Crippen LogP contribution is 2.31. The fourth-order valence-electron chi connectivity index (χ4n) is 2.54. The van der Waals surface area contributed by atoms with E-state index >= 15 is 0 Å². The van der Waals surface area contributed by atoms with Crippen molar-refractivity contribution in [3.8, 4) is 11.5 Å². The lowest BCUT2D eigenvalue weighted by Gasteiger charge is -2.18. The van der Waals surface area contributed by atoms with E-state index < -0.39 is 0 Å². The van der Waals surface area contributed by atoms with Crippen molar-refractivity contribution in [2.45, 2.75) is 33.1 Å². The molecule has 2 heteroatoms. The van der Waals surface area contributed by atoms with Crippen LogP contribution in [-0.2, 0) is 6.42 Å². The molecular formula is C18H22O2. The smallest absolute Gasteiger partial charge is 0.119 e. The predicted molar refractivity (Wildman–Crippen MR) is 82.7 cm³/mol. The first kappa shape index (κ1) is 14.4. The van der Waals surface area contributed by atoms with Gasteiger partial charge in [-0.05, 0) is 53.3 Å². The minimum Gasteiger partial charge on any atom is -0.508 e. The van der Waals surface area contributed by atoms with Crippen LogP contribution in [-0.4, -0.2) is 12.2 Å². The number of methoxy groups -OCH3 is 1. The molecule has 0 saturated heterocycles. The first-order chi connectivity index (χ1) is 9.52. The second-order valence-electron chi connectivity index (χ2n) is 5.47. The molecule has 2 aromatic rings. The zero-order valence-electron chi connectivity index (χ0n) is 12.6. The molecule has 0 aromatic heterocycles. The molecule has 20 heavy (non-hydrogen) atoms. The van der Waals surface area contributed by atoms with Crippen molar-refractivity contribution in [1.82, 2.24) is 0 Å². The highest BCUT2D eigenvalue weighted by atomic mass is 16.5. The number of benzene rings is 2. The molecule has 1 N–H and O–H groups in total. The molecule has 0 saturated carbocycles. The van der Waals surface area contributed by atoms with Crippen molar-refractivity contribution < 1.29 is 9.84 Å². The summed E-state index contributed by atoms with van der Waals surface area (Å²) < 4.78 is 5.37. The third kappa shape index (κ3) is 2.96. The number of ether oxygens (including phenoxy) is 1. The molecule has 0 aliphatic heterocycles. The molecule has 0 fully saturated rings. The van der Waals surface area contributed by atoms with E-state index in [1.165, 1.54) is 16.7 Å². The van der Waals surface area contributed by atoms with Gasteiger partial charge in [0.1, 0.15) is 11.5 Å². The summed E-state index contributed by atoms with van der Waals surface area (Å²) in [5.74, 6) is 1.68. The van der Waals surface area contributed by atoms with E-state index in [0.717, 1.165) is 17.7 Å². The Balaban J connectivity index is 2.48. The fourth-order valence-corrected chi connectivity index (χ4v) is 2.54. The molecule has 0 aliphatic carbocycles. The predicted octanol–water partition coefficient (Wildman–Crippen LogP) is 4.42. The Kier molecular flexibility index (Phi) is 4.33. The molecule has 0 atom stereocenters. The number of para-hydroxylation sites is 1. The molecule has 0 unspecified atom stereocenters. The minimum absolute atomic E-state index is 0.359. The van der Waals surface area contributed by atoms with Gasteiger partial charge >= 0.3 is 0 Å². The maximum atomic E-state index is 9.97. The summed E-state index contributed by atoms with van der Waals surface area (Å²) in [6.07, 6.45) is 0.746. The molecule has 2 nitrogen and oxygen atoms in total. The number of hydrogen-bond acceptors (Lipinski definition) is 2. The van der Waals surface area contributed by atoms with Gasteiger partial charge in [0.25, 0.3) is 0 Å². The van der Waals surface area contributed by atoms with Gasteiger partial charge in [0.05, 0.1) is 7.11 Å². The van der Waals surface area contributed by atoms with E-state index in [2.05, 4.69) is 32.9 Å². The van der Waals surface area contributed by atoms with Crippen LogP contribution in [0.15, 0.2) is 36.4 Å². The standard InChI is InChI=1S/C18H22O2/c1-12(2)16-11-15(20-4)9-13(3)17(16)10-14-7-5-6-8-18(14)19/h5-9,11-12,19H,10H2,1-4H3. The summed E-state index contributed by atoms with van der Waals surface area (Å²) in [6, 6.07) is 11.7. The van der Waals surface area contributed by atoms with Crippen molar-refractivity contribution in [2.75, 3.05) is 7.11 Å². The molecule has 2 rings (SSSR count). The SMILES string of the molecule is COc1cc(C)c(Cc2ccccc2O)c(C(C)C)c1. The normalized spacial score (nSPS) is 10.8. The summed E-state index contributed by atoms with van der Waals surface area (Å²) in [5, 5.41) is 9.97. The number of hydrogen-bond donors (Lipinski definition) is 1. The number of aryl methyl sites for hydroxylation is 1. The van der Waals surface area contributed by atoms with Crippen LogP contribution in [0, 0.1) is 6.92 Å². The molecule has 2 aromatic carbocycles. The van der Waals surface area contributed by atoms with Crippen LogP contribution in [0.25, 0.3) is 0 Å². The van der Waals surface area contributed by atoms with Gasteiger partial charge in [-0.2, -0.15) is 0 Å². The third-order valence-corrected chi connectivity index (χ3v) is 3.70. The van der Waals surface area contributed by atoms with E-state index in [1.807, 2.05) is 18.2 Å². The lowest BCUT2D eigenvalue weighted by molar-refractivity contribution is 0.413. The highest BCUT2D eigenvalue weighted by Gasteiger charge is 2.13. The van der Waals surface area contributed by atoms with E-state index in [9.17, 15) is 5.11 Å². The third-order valence-electron chi connectivity index (χ3n) is 3.70. The number of phenolic OH excluding ortho intramolecular Hbond substituents is 1. The monoisotopic (exact) mass is 270 g/mol. The second-order valence-corrected chi connectivity index (χ2v) is 5.47. The van der Waals surface area contributed by atoms with Gasteiger partial charge in [0, 0.05) is 6.42 Å². The molecule has 0 amide bonds. The Bertz CT molecular complexity index is 600. The number of phenols is 1. The quantitative estimate of drug-likeness (QED) is 0.891. The lowest BCUT2D eigenvalue weighted by atomic mass is 9.89. The van der Waals surface area contributed by atoms with Crippen LogP contribution < -0.4 is 4.74 Å². The lowest BCUT2D eigenvalue weighted by Crippen LogP contribution is -2.02. The average Bonchev–Trinajstić information content (AvgIpc) is 2.42. The first-order valence-corrected chi connectivity index (χ1v) is 6.97. The number of aromatic hydroxyl groups is 1. The summed E-state index contributed by atoms with van der Waals surface area (Å²) in [7, 11) is 1.70. The molecule has 0 aliphatic rings. The van der Waals surface area contributed by atoms with Gasteiger partial charge in [0.15, 0.2) is 0 Å². The van der Waals surface area contributed by atoms with Crippen molar-refractivity contribution in [3.05, 3.63) is 58.7 Å². The van der Waals surface area contributed by atoms with Gasteiger partial charge in [-0.1, -0.05) is 32.0 Å². The summed E-state index contributed by atoms with van der Waals surface area (Å²) in [5.41, 5.74) is 4.73. The molecule has 0 heterocycles. The minimum atomic E-state index is 0.359. The first-order valence-electron chi connectivity index (χ1n) is 6.97. The summed E-state index contributed by atoms with van der Waals surface area (Å²) >= 11 is 0. The number of rotatable bonds is 4. The van der Waals surface area contributed by atoms with E-state index in [1.54, 1.807) is 13.2 Å². The van der Waals surface area contributed by atoms with Crippen LogP contribution in [0.2, 0.25) is 0 Å². The van der Waals surface area contributed by atoms with E-state index in [0.29, 0.717) is 11.7 Å². The van der Waals surface area contributed by atoms with Crippen molar-refractivity contribution >= 4 is 0 Å². The van der Waals surface area contributed by atoms with Gasteiger partial charge in [-0.3, -0.25) is 0 Å². The van der Waals surface area contributed by atoms with Crippen LogP contribution in [0.4, 0.5) is 0 Å². The van der Waals surface area contributed by atoms with Gasteiger partial charge in [-0.15, -0.1) is 0 Å². The molecule has 0 bridgehead atoms. The maximum Gasteiger partial charge on any atom is 0.119 e. The van der Waals surface area contributed by atoms with Gasteiger partial charge in [-0.25, -0.2) is 0 Å². The Labute approximate surface area is 121 Å². The Morgan fingerprint density at radius 3 is 2.45 bits per heavy atom. The van der Waals surface area contributed by atoms with Crippen molar-refractivity contribution in [2.24, 2.45) is 0 Å². The fraction of sp³-hybridized carbons (Fsp3) is 0.333. The van der Waals surface area contributed by atoms with E-state index in [4.69, 9.17) is 4.74 Å². The molecule has 106 valence electrons. The Morgan fingerprint density at radius 2 is 1.85 bits per heavy atom. The van der Waals surface area contributed by atoms with Crippen molar-refractivity contribution in [3.63, 3.8) is 0 Å². The molecular weight excluding hydrogens is 248 g/mol. The zero-order valence-corrected chi connectivity index (χ0v) is 12.6. The Morgan fingerprint density at radius 1 is 1.15 bits per heavy atom. The maximum absolute atomic E-state index is 9.97. The average molecular weight is 270 g/mol.